The molecule has 1 aromatic heterocycles. The number of halogens is 2. The van der Waals surface area contributed by atoms with E-state index in [1.54, 1.807) is 31.2 Å². The second-order valence-corrected chi connectivity index (χ2v) is 6.13. The number of anilines is 2. The molecule has 27 heavy (non-hydrogen) atoms. The van der Waals surface area contributed by atoms with Crippen LogP contribution >= 0.6 is 11.6 Å². The van der Waals surface area contributed by atoms with Gasteiger partial charge in [-0.3, -0.25) is 9.59 Å². The molecule has 0 aliphatic rings. The van der Waals surface area contributed by atoms with Crippen LogP contribution in [0.25, 0.3) is 0 Å². The third-order valence-corrected chi connectivity index (χ3v) is 4.03. The zero-order valence-corrected chi connectivity index (χ0v) is 14.9. The highest BCUT2D eigenvalue weighted by Crippen LogP contribution is 2.18. The highest BCUT2D eigenvalue weighted by molar-refractivity contribution is 6.30. The Kier molecular flexibility index (Phi) is 5.46. The molecule has 0 saturated heterocycles. The van der Waals surface area contributed by atoms with Gasteiger partial charge in [0.1, 0.15) is 24.5 Å². The summed E-state index contributed by atoms with van der Waals surface area (Å²) in [6.07, 6.45) is 2.81. The minimum absolute atomic E-state index is 0.113. The van der Waals surface area contributed by atoms with E-state index in [9.17, 15) is 14.0 Å². The molecule has 138 valence electrons. The number of aromatic nitrogens is 3. The van der Waals surface area contributed by atoms with E-state index in [0.29, 0.717) is 11.4 Å². The Labute approximate surface area is 159 Å². The van der Waals surface area contributed by atoms with Crippen LogP contribution in [-0.2, 0) is 4.79 Å². The molecule has 0 bridgehead atoms. The number of benzene rings is 2. The van der Waals surface area contributed by atoms with Crippen molar-refractivity contribution in [2.24, 2.45) is 0 Å². The summed E-state index contributed by atoms with van der Waals surface area (Å²) in [5.74, 6) is -1.56. The van der Waals surface area contributed by atoms with Crippen LogP contribution in [0.5, 0.6) is 0 Å². The number of amides is 2. The molecule has 2 N–H and O–H groups in total. The molecule has 2 amide bonds. The molecule has 2 aromatic carbocycles. The number of nitrogens with one attached hydrogen (secondary N) is 2. The summed E-state index contributed by atoms with van der Waals surface area (Å²) in [6.45, 7) is 1.69. The van der Waals surface area contributed by atoms with Gasteiger partial charge >= 0.3 is 0 Å². The molecule has 7 nitrogen and oxygen atoms in total. The van der Waals surface area contributed by atoms with Gasteiger partial charge in [-0.1, -0.05) is 11.6 Å². The number of hydrogen-bond donors (Lipinski definition) is 2. The van der Waals surface area contributed by atoms with Crippen LogP contribution in [0.1, 0.15) is 23.3 Å². The molecular weight excluding hydrogens is 373 g/mol. The first kappa shape index (κ1) is 18.5. The largest absolute Gasteiger partial charge is 0.324 e. The van der Waals surface area contributed by atoms with E-state index in [1.807, 2.05) is 0 Å². The molecular formula is C18H15ClFN5O2. The van der Waals surface area contributed by atoms with Crippen LogP contribution in [0.15, 0.2) is 55.1 Å². The van der Waals surface area contributed by atoms with Gasteiger partial charge in [-0.2, -0.15) is 5.10 Å². The van der Waals surface area contributed by atoms with E-state index in [0.717, 1.165) is 6.07 Å². The molecule has 1 atom stereocenters. The maximum Gasteiger partial charge on any atom is 0.258 e. The second-order valence-electron chi connectivity index (χ2n) is 5.70. The Morgan fingerprint density at radius 1 is 1.11 bits per heavy atom. The fourth-order valence-corrected chi connectivity index (χ4v) is 2.45. The lowest BCUT2D eigenvalue weighted by Crippen LogP contribution is -2.24. The quantitative estimate of drug-likeness (QED) is 0.701. The maximum absolute atomic E-state index is 13.8. The molecule has 0 aliphatic carbocycles. The molecule has 9 heteroatoms. The van der Waals surface area contributed by atoms with Crippen molar-refractivity contribution < 1.29 is 14.0 Å². The molecule has 0 aliphatic heterocycles. The van der Waals surface area contributed by atoms with E-state index in [2.05, 4.69) is 20.7 Å². The summed E-state index contributed by atoms with van der Waals surface area (Å²) < 4.78 is 15.2. The van der Waals surface area contributed by atoms with Crippen molar-refractivity contribution in [2.75, 3.05) is 10.6 Å². The lowest BCUT2D eigenvalue weighted by molar-refractivity contribution is -0.119. The molecule has 0 radical (unpaired) electrons. The monoisotopic (exact) mass is 387 g/mol. The Bertz CT molecular complexity index is 960. The minimum atomic E-state index is -0.703. The lowest BCUT2D eigenvalue weighted by atomic mass is 10.2. The Hall–Kier alpha value is -3.26. The van der Waals surface area contributed by atoms with Crippen LogP contribution in [0.3, 0.4) is 0 Å². The summed E-state index contributed by atoms with van der Waals surface area (Å²) >= 11 is 5.68. The first-order valence-corrected chi connectivity index (χ1v) is 8.33. The van der Waals surface area contributed by atoms with Gasteiger partial charge in [-0.25, -0.2) is 14.1 Å². The fraction of sp³-hybridized carbons (Fsp3) is 0.111. The highest BCUT2D eigenvalue weighted by Gasteiger charge is 2.16. The first-order chi connectivity index (χ1) is 12.9. The van der Waals surface area contributed by atoms with Crippen molar-refractivity contribution in [3.05, 3.63) is 71.5 Å². The topological polar surface area (TPSA) is 88.9 Å². The second kappa shape index (κ2) is 7.96. The van der Waals surface area contributed by atoms with Crippen molar-refractivity contribution in [1.29, 1.82) is 0 Å². The minimum Gasteiger partial charge on any atom is -0.324 e. The SMILES string of the molecule is C[C@H](C(=O)Nc1ccc(NC(=O)c2ccc(Cl)cc2F)cc1)n1cncn1. The van der Waals surface area contributed by atoms with Crippen molar-refractivity contribution in [3.8, 4) is 0 Å². The van der Waals surface area contributed by atoms with Gasteiger partial charge in [0.2, 0.25) is 5.91 Å². The van der Waals surface area contributed by atoms with Crippen LogP contribution in [-0.4, -0.2) is 26.6 Å². The summed E-state index contributed by atoms with van der Waals surface area (Å²) in [7, 11) is 0. The van der Waals surface area contributed by atoms with Gasteiger partial charge in [-0.05, 0) is 49.4 Å². The number of nitrogens with zero attached hydrogens (tertiary/aromatic N) is 3. The molecule has 0 saturated carbocycles. The van der Waals surface area contributed by atoms with E-state index < -0.39 is 17.8 Å². The average molecular weight is 388 g/mol. The summed E-state index contributed by atoms with van der Waals surface area (Å²) in [5.41, 5.74) is 0.887. The van der Waals surface area contributed by atoms with Crippen LogP contribution in [0.4, 0.5) is 15.8 Å². The molecule has 1 heterocycles. The van der Waals surface area contributed by atoms with Crippen LogP contribution in [0.2, 0.25) is 5.02 Å². The van der Waals surface area contributed by atoms with Crippen molar-refractivity contribution in [3.63, 3.8) is 0 Å². The van der Waals surface area contributed by atoms with Crippen molar-refractivity contribution in [1.82, 2.24) is 14.8 Å². The van der Waals surface area contributed by atoms with E-state index in [4.69, 9.17) is 11.6 Å². The third-order valence-electron chi connectivity index (χ3n) is 3.80. The van der Waals surface area contributed by atoms with Crippen LogP contribution in [0, 0.1) is 5.82 Å². The zero-order valence-electron chi connectivity index (χ0n) is 14.2. The summed E-state index contributed by atoms with van der Waals surface area (Å²) in [4.78, 5) is 28.2. The summed E-state index contributed by atoms with van der Waals surface area (Å²) in [6, 6.07) is 9.75. The van der Waals surface area contributed by atoms with Gasteiger partial charge in [0.05, 0.1) is 5.56 Å². The van der Waals surface area contributed by atoms with Gasteiger partial charge in [-0.15, -0.1) is 0 Å². The Morgan fingerprint density at radius 3 is 2.37 bits per heavy atom. The normalized spacial score (nSPS) is 11.7. The van der Waals surface area contributed by atoms with Gasteiger partial charge < -0.3 is 10.6 Å². The van der Waals surface area contributed by atoms with Crippen LogP contribution < -0.4 is 10.6 Å². The smallest absolute Gasteiger partial charge is 0.258 e. The third kappa shape index (κ3) is 4.48. The molecule has 0 unspecified atom stereocenters. The predicted octanol–water partition coefficient (Wildman–Crippen LogP) is 3.52. The lowest BCUT2D eigenvalue weighted by Gasteiger charge is -2.12. The fourth-order valence-electron chi connectivity index (χ4n) is 2.29. The van der Waals surface area contributed by atoms with Crippen molar-refractivity contribution in [2.45, 2.75) is 13.0 Å². The number of hydrogen-bond acceptors (Lipinski definition) is 4. The zero-order chi connectivity index (χ0) is 19.4. The van der Waals surface area contributed by atoms with Gasteiger partial charge in [0, 0.05) is 16.4 Å². The van der Waals surface area contributed by atoms with E-state index in [1.165, 1.54) is 29.5 Å². The maximum atomic E-state index is 13.8. The van der Waals surface area contributed by atoms with Gasteiger partial charge in [0.15, 0.2) is 0 Å². The predicted molar refractivity (Wildman–Crippen MR) is 99.2 cm³/mol. The first-order valence-electron chi connectivity index (χ1n) is 7.95. The molecule has 3 aromatic rings. The Morgan fingerprint density at radius 2 is 1.78 bits per heavy atom. The average Bonchev–Trinajstić information content (AvgIpc) is 3.17. The number of carbonyl (C=O) groups is 2. The van der Waals surface area contributed by atoms with E-state index >= 15 is 0 Å². The number of carbonyl (C=O) groups excluding carboxylic acids is 2. The van der Waals surface area contributed by atoms with Gasteiger partial charge in [0.25, 0.3) is 5.91 Å². The van der Waals surface area contributed by atoms with E-state index in [-0.39, 0.29) is 16.5 Å². The highest BCUT2D eigenvalue weighted by atomic mass is 35.5. The number of rotatable bonds is 5. The Balaban J connectivity index is 1.63. The molecule has 3 rings (SSSR count). The molecule has 0 spiro atoms. The van der Waals surface area contributed by atoms with Crippen molar-refractivity contribution >= 4 is 34.8 Å². The molecule has 0 fully saturated rings. The standard InChI is InChI=1S/C18H15ClFN5O2/c1-11(25-10-21-9-22-25)17(26)23-13-3-5-14(6-4-13)24-18(27)15-7-2-12(19)8-16(15)20/h2-11H,1H3,(H,23,26)(H,24,27)/t11-/m1/s1. The summed E-state index contributed by atoms with van der Waals surface area (Å²) in [5, 5.41) is 9.47.